The Balaban J connectivity index is 1.34. The topological polar surface area (TPSA) is 23.6 Å². The summed E-state index contributed by atoms with van der Waals surface area (Å²) in [5, 5.41) is 0.776. The maximum Gasteiger partial charge on any atom is 0.223 e. The first-order valence-corrected chi connectivity index (χ1v) is 13.4. The van der Waals surface area contributed by atoms with Crippen LogP contribution >= 0.6 is 11.6 Å². The molecule has 37 heavy (non-hydrogen) atoms. The van der Waals surface area contributed by atoms with Gasteiger partial charge in [0.2, 0.25) is 5.91 Å². The standard InChI is InChI=1S/C33H33ClN2O/c1-35(32(37)23-30(25-13-5-2-6-14-25)26-15-7-3-8-16-26)28-21-22-36(24-28)33(27-17-9-4-10-18-27)29-19-11-12-20-31(29)34/h2-20,28,30,33H,21-24H2,1H3/t28-,33?/m1/s1. The Bertz CT molecular complexity index is 1260. The van der Waals surface area contributed by atoms with E-state index in [1.54, 1.807) is 0 Å². The van der Waals surface area contributed by atoms with Crippen molar-refractivity contribution in [2.75, 3.05) is 20.1 Å². The van der Waals surface area contributed by atoms with Crippen molar-refractivity contribution in [3.8, 4) is 0 Å². The van der Waals surface area contributed by atoms with Gasteiger partial charge in [-0.05, 0) is 34.7 Å². The molecule has 188 valence electrons. The summed E-state index contributed by atoms with van der Waals surface area (Å²) in [5.41, 5.74) is 4.68. The second kappa shape index (κ2) is 11.8. The Morgan fingerprint density at radius 3 is 1.89 bits per heavy atom. The molecule has 5 rings (SSSR count). The highest BCUT2D eigenvalue weighted by Crippen LogP contribution is 2.36. The highest BCUT2D eigenvalue weighted by atomic mass is 35.5. The molecule has 0 spiro atoms. The molecule has 0 aromatic heterocycles. The predicted octanol–water partition coefficient (Wildman–Crippen LogP) is 7.18. The molecule has 3 nitrogen and oxygen atoms in total. The van der Waals surface area contributed by atoms with Gasteiger partial charge >= 0.3 is 0 Å². The largest absolute Gasteiger partial charge is 0.341 e. The van der Waals surface area contributed by atoms with Crippen LogP contribution in [-0.2, 0) is 4.79 Å². The number of hydrogen-bond acceptors (Lipinski definition) is 2. The van der Waals surface area contributed by atoms with Crippen LogP contribution in [0.15, 0.2) is 115 Å². The van der Waals surface area contributed by atoms with Crippen LogP contribution in [0.3, 0.4) is 0 Å². The first-order valence-electron chi connectivity index (χ1n) is 13.0. The van der Waals surface area contributed by atoms with E-state index in [1.165, 1.54) is 16.7 Å². The maximum absolute atomic E-state index is 13.6. The Labute approximate surface area is 225 Å². The van der Waals surface area contributed by atoms with Crippen LogP contribution in [-0.4, -0.2) is 41.9 Å². The Kier molecular flexibility index (Phi) is 8.03. The number of rotatable bonds is 8. The van der Waals surface area contributed by atoms with Crippen LogP contribution in [0.2, 0.25) is 5.02 Å². The number of nitrogens with zero attached hydrogens (tertiary/aromatic N) is 2. The minimum atomic E-state index is 0.0371. The van der Waals surface area contributed by atoms with Crippen molar-refractivity contribution in [2.45, 2.75) is 30.8 Å². The van der Waals surface area contributed by atoms with E-state index >= 15 is 0 Å². The summed E-state index contributed by atoms with van der Waals surface area (Å²) in [7, 11) is 1.97. The molecule has 0 saturated carbocycles. The number of carbonyl (C=O) groups excluding carboxylic acids is 1. The van der Waals surface area contributed by atoms with Crippen LogP contribution in [0.5, 0.6) is 0 Å². The molecule has 0 N–H and O–H groups in total. The van der Waals surface area contributed by atoms with E-state index in [9.17, 15) is 4.79 Å². The van der Waals surface area contributed by atoms with Crippen LogP contribution in [0.4, 0.5) is 0 Å². The molecule has 0 radical (unpaired) electrons. The molecule has 4 aromatic rings. The summed E-state index contributed by atoms with van der Waals surface area (Å²) in [6, 6.07) is 39.6. The van der Waals surface area contributed by atoms with Crippen LogP contribution < -0.4 is 0 Å². The summed E-state index contributed by atoms with van der Waals surface area (Å²) >= 11 is 6.68. The second-order valence-corrected chi connectivity index (χ2v) is 10.3. The van der Waals surface area contributed by atoms with Crippen LogP contribution in [0.25, 0.3) is 0 Å². The minimum Gasteiger partial charge on any atom is -0.341 e. The molecule has 1 saturated heterocycles. The minimum absolute atomic E-state index is 0.0371. The number of carbonyl (C=O) groups is 1. The molecule has 1 aliphatic heterocycles. The molecular weight excluding hydrogens is 476 g/mol. The Hall–Kier alpha value is -3.40. The van der Waals surface area contributed by atoms with E-state index in [0.29, 0.717) is 6.42 Å². The fourth-order valence-electron chi connectivity index (χ4n) is 5.56. The van der Waals surface area contributed by atoms with Gasteiger partial charge in [-0.25, -0.2) is 0 Å². The van der Waals surface area contributed by atoms with Crippen molar-refractivity contribution in [2.24, 2.45) is 0 Å². The lowest BCUT2D eigenvalue weighted by molar-refractivity contribution is -0.132. The van der Waals surface area contributed by atoms with Gasteiger partial charge in [0.15, 0.2) is 0 Å². The molecule has 1 heterocycles. The third-order valence-electron chi connectivity index (χ3n) is 7.60. The average molecular weight is 509 g/mol. The van der Waals surface area contributed by atoms with E-state index < -0.39 is 0 Å². The van der Waals surface area contributed by atoms with E-state index in [1.807, 2.05) is 72.6 Å². The van der Waals surface area contributed by atoms with E-state index in [4.69, 9.17) is 11.6 Å². The SMILES string of the molecule is CN(C(=O)CC(c1ccccc1)c1ccccc1)[C@@H]1CCN(C(c2ccccc2)c2ccccc2Cl)C1. The smallest absolute Gasteiger partial charge is 0.223 e. The first-order chi connectivity index (χ1) is 18.1. The zero-order valence-corrected chi connectivity index (χ0v) is 22.0. The normalized spacial score (nSPS) is 16.6. The summed E-state index contributed by atoms with van der Waals surface area (Å²) in [5.74, 6) is 0.216. The fourth-order valence-corrected chi connectivity index (χ4v) is 5.80. The van der Waals surface area contributed by atoms with Gasteiger partial charge in [-0.2, -0.15) is 0 Å². The van der Waals surface area contributed by atoms with Gasteiger partial charge in [0, 0.05) is 43.5 Å². The quantitative estimate of drug-likeness (QED) is 0.251. The molecule has 4 heteroatoms. The monoisotopic (exact) mass is 508 g/mol. The van der Waals surface area contributed by atoms with Gasteiger partial charge in [0.05, 0.1) is 6.04 Å². The van der Waals surface area contributed by atoms with Gasteiger partial charge in [0.25, 0.3) is 0 Å². The second-order valence-electron chi connectivity index (χ2n) is 9.85. The van der Waals surface area contributed by atoms with Gasteiger partial charge in [-0.15, -0.1) is 0 Å². The first kappa shape index (κ1) is 25.3. The molecule has 1 amide bonds. The Morgan fingerprint density at radius 2 is 1.32 bits per heavy atom. The average Bonchev–Trinajstić information content (AvgIpc) is 3.43. The van der Waals surface area contributed by atoms with Crippen molar-refractivity contribution in [3.05, 3.63) is 143 Å². The summed E-state index contributed by atoms with van der Waals surface area (Å²) in [6.07, 6.45) is 1.39. The highest BCUT2D eigenvalue weighted by molar-refractivity contribution is 6.31. The number of benzene rings is 4. The summed E-state index contributed by atoms with van der Waals surface area (Å²) in [6.45, 7) is 1.72. The molecule has 1 aliphatic rings. The number of likely N-dealkylation sites (N-methyl/N-ethyl adjacent to an activating group) is 1. The maximum atomic E-state index is 13.6. The van der Waals surface area contributed by atoms with E-state index in [-0.39, 0.29) is 23.9 Å². The van der Waals surface area contributed by atoms with Crippen molar-refractivity contribution in [1.29, 1.82) is 0 Å². The van der Waals surface area contributed by atoms with Crippen LogP contribution in [0, 0.1) is 0 Å². The lowest BCUT2D eigenvalue weighted by Gasteiger charge is -2.31. The van der Waals surface area contributed by atoms with Gasteiger partial charge in [0.1, 0.15) is 0 Å². The van der Waals surface area contributed by atoms with Gasteiger partial charge in [-0.1, -0.05) is 121 Å². The number of hydrogen-bond donors (Lipinski definition) is 0. The molecule has 4 aromatic carbocycles. The van der Waals surface area contributed by atoms with Crippen molar-refractivity contribution < 1.29 is 4.79 Å². The van der Waals surface area contributed by atoms with Gasteiger partial charge < -0.3 is 4.90 Å². The third-order valence-corrected chi connectivity index (χ3v) is 7.94. The van der Waals surface area contributed by atoms with Crippen molar-refractivity contribution in [1.82, 2.24) is 9.80 Å². The number of amides is 1. The van der Waals surface area contributed by atoms with Crippen molar-refractivity contribution >= 4 is 17.5 Å². The summed E-state index contributed by atoms with van der Waals surface area (Å²) in [4.78, 5) is 18.1. The van der Waals surface area contributed by atoms with Crippen LogP contribution in [0.1, 0.15) is 47.1 Å². The number of halogens is 1. The van der Waals surface area contributed by atoms with E-state index in [2.05, 4.69) is 59.5 Å². The third kappa shape index (κ3) is 5.79. The molecule has 0 bridgehead atoms. The molecule has 2 atom stereocenters. The molecule has 1 fully saturated rings. The Morgan fingerprint density at radius 1 is 0.811 bits per heavy atom. The zero-order chi connectivity index (χ0) is 25.6. The van der Waals surface area contributed by atoms with Gasteiger partial charge in [-0.3, -0.25) is 9.69 Å². The number of likely N-dealkylation sites (tertiary alicyclic amines) is 1. The lowest BCUT2D eigenvalue weighted by atomic mass is 9.88. The van der Waals surface area contributed by atoms with Crippen molar-refractivity contribution in [3.63, 3.8) is 0 Å². The molecular formula is C33H33ClN2O. The predicted molar refractivity (Wildman–Crippen MR) is 152 cm³/mol. The molecule has 0 aliphatic carbocycles. The lowest BCUT2D eigenvalue weighted by Crippen LogP contribution is -2.40. The summed E-state index contributed by atoms with van der Waals surface area (Å²) < 4.78 is 0. The fraction of sp³-hybridized carbons (Fsp3) is 0.242. The zero-order valence-electron chi connectivity index (χ0n) is 21.2. The highest BCUT2D eigenvalue weighted by Gasteiger charge is 2.35. The molecule has 1 unspecified atom stereocenters. The van der Waals surface area contributed by atoms with E-state index in [0.717, 1.165) is 30.1 Å².